The number of nitrogens with zero attached hydrogens (tertiary/aromatic N) is 3. The number of ether oxygens (including phenoxy) is 1. The van der Waals surface area contributed by atoms with E-state index in [-0.39, 0.29) is 12.6 Å². The van der Waals surface area contributed by atoms with Crippen LogP contribution in [0, 0.1) is 16.7 Å². The van der Waals surface area contributed by atoms with Gasteiger partial charge < -0.3 is 4.74 Å². The van der Waals surface area contributed by atoms with E-state index in [9.17, 15) is 18.4 Å². The molecule has 0 N–H and O–H groups in total. The maximum Gasteiger partial charge on any atom is 0.394 e. The highest BCUT2D eigenvalue weighted by Crippen LogP contribution is 2.42. The Morgan fingerprint density at radius 1 is 1.20 bits per heavy atom. The van der Waals surface area contributed by atoms with Gasteiger partial charge in [-0.2, -0.15) is 33.1 Å². The second-order valence-corrected chi connectivity index (χ2v) is 7.13. The molecule has 0 saturated carbocycles. The van der Waals surface area contributed by atoms with Crippen LogP contribution < -0.4 is 4.74 Å². The number of alkyl halides is 3. The highest BCUT2D eigenvalue weighted by Gasteiger charge is 2.47. The van der Waals surface area contributed by atoms with Crippen LogP contribution in [-0.2, 0) is 29.0 Å². The van der Waals surface area contributed by atoms with Gasteiger partial charge in [0.1, 0.15) is 17.4 Å². The van der Waals surface area contributed by atoms with Crippen LogP contribution in [0.1, 0.15) is 44.5 Å². The molecule has 30 heavy (non-hydrogen) atoms. The summed E-state index contributed by atoms with van der Waals surface area (Å²) in [6, 6.07) is 7.19. The van der Waals surface area contributed by atoms with Gasteiger partial charge in [-0.15, -0.1) is 0 Å². The molecule has 0 aliphatic carbocycles. The van der Waals surface area contributed by atoms with Crippen molar-refractivity contribution in [2.75, 3.05) is 7.11 Å². The number of benzene rings is 1. The van der Waals surface area contributed by atoms with Gasteiger partial charge in [0.05, 0.1) is 23.9 Å². The first kappa shape index (κ1) is 24.9. The van der Waals surface area contributed by atoms with Crippen molar-refractivity contribution in [3.8, 4) is 23.1 Å². The smallest absolute Gasteiger partial charge is 0.394 e. The molecule has 1 aromatic carbocycles. The van der Waals surface area contributed by atoms with Gasteiger partial charge in [-0.3, -0.25) is 4.68 Å². The van der Waals surface area contributed by atoms with Gasteiger partial charge in [0.2, 0.25) is 0 Å². The molecule has 2 rings (SSSR count). The second kappa shape index (κ2) is 10.1. The third-order valence-corrected chi connectivity index (χ3v) is 4.71. The molecule has 2 aromatic rings. The minimum absolute atomic E-state index is 0.161. The molecule has 0 spiro atoms. The summed E-state index contributed by atoms with van der Waals surface area (Å²) in [5.74, 6) is 0.430. The Morgan fingerprint density at radius 3 is 2.23 bits per heavy atom. The second-order valence-electron chi connectivity index (χ2n) is 7.13. The highest BCUT2D eigenvalue weighted by atomic mass is 19.4. The highest BCUT2D eigenvalue weighted by molar-refractivity contribution is 5.74. The van der Waals surface area contributed by atoms with Crippen LogP contribution in [0.5, 0.6) is 5.75 Å². The van der Waals surface area contributed by atoms with Crippen molar-refractivity contribution in [3.05, 3.63) is 35.0 Å². The Balaban J connectivity index is 0.00000141. The lowest BCUT2D eigenvalue weighted by molar-refractivity contribution is -0.211. The van der Waals surface area contributed by atoms with E-state index >= 15 is 0 Å². The molecular formula is C21H24F3N3O3. The normalized spacial score (nSPS) is 11.2. The van der Waals surface area contributed by atoms with Crippen molar-refractivity contribution < 1.29 is 27.5 Å². The molecule has 162 valence electrons. The predicted octanol–water partition coefficient (Wildman–Crippen LogP) is 4.56. The van der Waals surface area contributed by atoms with E-state index in [4.69, 9.17) is 14.3 Å². The topological polar surface area (TPSA) is 85.0 Å². The number of aromatic nitrogens is 2. The molecule has 6 nitrogen and oxygen atoms in total. The first-order valence-corrected chi connectivity index (χ1v) is 9.24. The van der Waals surface area contributed by atoms with E-state index in [2.05, 4.69) is 11.2 Å². The molecule has 0 aliphatic heterocycles. The standard InChI is InChI=1S/C20H24F3N3O.CO2/c1-6-16-15(12-24)18(26(7-2)25-16)14-9-8-13(10-17(14)27-5)11-19(3,4)20(21,22)23;2-1-3/h8-10H,6-7,11H2,1-5H3;. The minimum atomic E-state index is -4.30. The van der Waals surface area contributed by atoms with Crippen LogP contribution in [0.2, 0.25) is 0 Å². The number of hydrogen-bond acceptors (Lipinski definition) is 5. The van der Waals surface area contributed by atoms with Gasteiger partial charge in [0, 0.05) is 12.1 Å². The fraction of sp³-hybridized carbons (Fsp3) is 0.476. The van der Waals surface area contributed by atoms with Crippen LogP contribution in [0.15, 0.2) is 18.2 Å². The van der Waals surface area contributed by atoms with E-state index < -0.39 is 11.6 Å². The maximum atomic E-state index is 13.2. The summed E-state index contributed by atoms with van der Waals surface area (Å²) in [5, 5.41) is 14.1. The average Bonchev–Trinajstić information content (AvgIpc) is 3.04. The van der Waals surface area contributed by atoms with E-state index in [0.717, 1.165) is 0 Å². The zero-order valence-corrected chi connectivity index (χ0v) is 17.6. The molecule has 0 aliphatic rings. The summed E-state index contributed by atoms with van der Waals surface area (Å²) in [6.45, 7) is 6.77. The van der Waals surface area contributed by atoms with Gasteiger partial charge >= 0.3 is 12.3 Å². The van der Waals surface area contributed by atoms with Gasteiger partial charge in [-0.1, -0.05) is 26.8 Å². The van der Waals surface area contributed by atoms with E-state index in [1.54, 1.807) is 22.9 Å². The Bertz CT molecular complexity index is 951. The number of nitriles is 1. The fourth-order valence-corrected chi connectivity index (χ4v) is 3.03. The molecular weight excluding hydrogens is 399 g/mol. The molecule has 0 unspecified atom stereocenters. The Labute approximate surface area is 173 Å². The number of rotatable bonds is 6. The Kier molecular flexibility index (Phi) is 8.38. The van der Waals surface area contributed by atoms with Crippen molar-refractivity contribution in [1.29, 1.82) is 5.26 Å². The molecule has 1 heterocycles. The quantitative estimate of drug-likeness (QED) is 0.680. The van der Waals surface area contributed by atoms with Gasteiger partial charge in [-0.25, -0.2) is 0 Å². The van der Waals surface area contributed by atoms with Crippen LogP contribution in [-0.4, -0.2) is 29.2 Å². The summed E-state index contributed by atoms with van der Waals surface area (Å²) < 4.78 is 46.8. The van der Waals surface area contributed by atoms with Gasteiger partial charge in [-0.05, 0) is 37.5 Å². The first-order chi connectivity index (χ1) is 14.0. The Morgan fingerprint density at radius 2 is 1.80 bits per heavy atom. The number of hydrogen-bond donors (Lipinski definition) is 0. The summed E-state index contributed by atoms with van der Waals surface area (Å²) in [5.41, 5.74) is 1.12. The number of carbonyl (C=O) groups excluding carboxylic acids is 2. The molecule has 0 radical (unpaired) electrons. The number of aryl methyl sites for hydroxylation is 2. The Hall–Kier alpha value is -3.11. The van der Waals surface area contributed by atoms with Crippen LogP contribution in [0.25, 0.3) is 11.3 Å². The zero-order valence-electron chi connectivity index (χ0n) is 17.6. The molecule has 9 heteroatoms. The molecule has 0 atom stereocenters. The van der Waals surface area contributed by atoms with E-state index in [0.29, 0.717) is 46.8 Å². The lowest BCUT2D eigenvalue weighted by atomic mass is 9.84. The summed E-state index contributed by atoms with van der Waals surface area (Å²) in [6.07, 6.45) is -3.60. The van der Waals surface area contributed by atoms with Gasteiger partial charge in [0.25, 0.3) is 0 Å². The lowest BCUT2D eigenvalue weighted by Crippen LogP contribution is -2.34. The predicted molar refractivity (Wildman–Crippen MR) is 103 cm³/mol. The third kappa shape index (κ3) is 5.28. The number of methoxy groups -OCH3 is 1. The van der Waals surface area contributed by atoms with Crippen LogP contribution in [0.4, 0.5) is 13.2 Å². The molecule has 0 fully saturated rings. The lowest BCUT2D eigenvalue weighted by Gasteiger charge is -2.28. The van der Waals surface area contributed by atoms with Crippen molar-refractivity contribution in [2.24, 2.45) is 5.41 Å². The molecule has 0 amide bonds. The summed E-state index contributed by atoms with van der Waals surface area (Å²) in [4.78, 5) is 16.2. The number of halogens is 3. The van der Waals surface area contributed by atoms with Gasteiger partial charge in [0.15, 0.2) is 0 Å². The van der Waals surface area contributed by atoms with Crippen molar-refractivity contribution in [3.63, 3.8) is 0 Å². The summed E-state index contributed by atoms with van der Waals surface area (Å²) >= 11 is 0. The summed E-state index contributed by atoms with van der Waals surface area (Å²) in [7, 11) is 1.47. The molecule has 0 bridgehead atoms. The SMILES string of the molecule is CCc1nn(CC)c(-c2ccc(CC(C)(C)C(F)(F)F)cc2OC)c1C#N.O=C=O. The maximum absolute atomic E-state index is 13.2. The van der Waals surface area contributed by atoms with Crippen molar-refractivity contribution >= 4 is 6.15 Å². The monoisotopic (exact) mass is 423 g/mol. The minimum Gasteiger partial charge on any atom is -0.496 e. The van der Waals surface area contributed by atoms with Crippen LogP contribution in [0.3, 0.4) is 0 Å². The van der Waals surface area contributed by atoms with E-state index in [1.807, 2.05) is 13.8 Å². The largest absolute Gasteiger partial charge is 0.496 e. The zero-order chi connectivity index (χ0) is 23.1. The van der Waals surface area contributed by atoms with E-state index in [1.165, 1.54) is 21.0 Å². The van der Waals surface area contributed by atoms with Crippen molar-refractivity contribution in [2.45, 2.75) is 53.3 Å². The van der Waals surface area contributed by atoms with Crippen LogP contribution >= 0.6 is 0 Å². The molecule has 1 aromatic heterocycles. The molecule has 0 saturated heterocycles. The third-order valence-electron chi connectivity index (χ3n) is 4.71. The fourth-order valence-electron chi connectivity index (χ4n) is 3.03. The average molecular weight is 423 g/mol. The first-order valence-electron chi connectivity index (χ1n) is 9.24. The van der Waals surface area contributed by atoms with Crippen molar-refractivity contribution in [1.82, 2.24) is 9.78 Å².